The molecule has 0 fully saturated rings. The van der Waals surface area contributed by atoms with Gasteiger partial charge in [-0.3, -0.25) is 0 Å². The van der Waals surface area contributed by atoms with Crippen LogP contribution in [0.4, 0.5) is 0 Å². The zero-order valence-electron chi connectivity index (χ0n) is 13.9. The van der Waals surface area contributed by atoms with Crippen LogP contribution in [0.5, 0.6) is 5.75 Å². The van der Waals surface area contributed by atoms with E-state index in [1.54, 1.807) is 6.07 Å². The Balaban J connectivity index is 2.01. The lowest BCUT2D eigenvalue weighted by Crippen LogP contribution is -1.96. The zero-order valence-corrected chi connectivity index (χ0v) is 13.9. The van der Waals surface area contributed by atoms with Gasteiger partial charge in [0, 0.05) is 18.2 Å². The maximum absolute atomic E-state index is 10.3. The summed E-state index contributed by atoms with van der Waals surface area (Å²) in [6, 6.07) is 27.7. The third-order valence-electron chi connectivity index (χ3n) is 4.33. The van der Waals surface area contributed by atoms with Gasteiger partial charge in [-0.05, 0) is 12.1 Å². The zero-order chi connectivity index (χ0) is 17.2. The lowest BCUT2D eigenvalue weighted by atomic mass is 10.1. The number of nitrogens with zero attached hydrogens (tertiary/aromatic N) is 2. The van der Waals surface area contributed by atoms with Gasteiger partial charge in [0.15, 0.2) is 0 Å². The Morgan fingerprint density at radius 2 is 1.28 bits per heavy atom. The van der Waals surface area contributed by atoms with Crippen LogP contribution in [-0.4, -0.2) is 14.7 Å². The van der Waals surface area contributed by atoms with Crippen LogP contribution in [0.15, 0.2) is 84.9 Å². The third-order valence-corrected chi connectivity index (χ3v) is 4.33. The van der Waals surface area contributed by atoms with Crippen molar-refractivity contribution in [2.75, 3.05) is 0 Å². The number of imidazole rings is 1. The van der Waals surface area contributed by atoms with Crippen LogP contribution in [0.1, 0.15) is 0 Å². The first-order chi connectivity index (χ1) is 12.3. The van der Waals surface area contributed by atoms with Crippen molar-refractivity contribution in [3.63, 3.8) is 0 Å². The Hall–Kier alpha value is -3.33. The second-order valence-electron chi connectivity index (χ2n) is 5.94. The molecular formula is C22H18N2O. The average molecular weight is 326 g/mol. The highest BCUT2D eigenvalue weighted by molar-refractivity contribution is 5.82. The first kappa shape index (κ1) is 15.2. The smallest absolute Gasteiger partial charge is 0.144 e. The number of aromatic hydroxyl groups is 1. The predicted octanol–water partition coefficient (Wildman–Crippen LogP) is 5.13. The van der Waals surface area contributed by atoms with Gasteiger partial charge in [0.05, 0.1) is 17.0 Å². The fraction of sp³-hybridized carbons (Fsp3) is 0.0455. The van der Waals surface area contributed by atoms with Gasteiger partial charge in [-0.15, -0.1) is 0 Å². The molecule has 1 N–H and O–H groups in total. The molecule has 3 nitrogen and oxygen atoms in total. The minimum atomic E-state index is 0.231. The average Bonchev–Trinajstić information content (AvgIpc) is 3.01. The molecule has 0 aliphatic carbocycles. The minimum absolute atomic E-state index is 0.231. The summed E-state index contributed by atoms with van der Waals surface area (Å²) in [6.07, 6.45) is 0. The molecule has 3 aromatic carbocycles. The van der Waals surface area contributed by atoms with E-state index in [4.69, 9.17) is 4.98 Å². The summed E-state index contributed by atoms with van der Waals surface area (Å²) in [5.74, 6) is 0.977. The van der Waals surface area contributed by atoms with Crippen molar-refractivity contribution in [3.05, 3.63) is 84.9 Å². The third kappa shape index (κ3) is 2.70. The van der Waals surface area contributed by atoms with Gasteiger partial charge >= 0.3 is 0 Å². The van der Waals surface area contributed by atoms with Gasteiger partial charge in [-0.2, -0.15) is 0 Å². The SMILES string of the molecule is Cn1c(-c2ccccc2O)nc(-c2ccccc2)c1-c1ccccc1. The van der Waals surface area contributed by atoms with Crippen molar-refractivity contribution < 1.29 is 5.11 Å². The lowest BCUT2D eigenvalue weighted by Gasteiger charge is -2.08. The van der Waals surface area contributed by atoms with E-state index in [0.29, 0.717) is 0 Å². The van der Waals surface area contributed by atoms with Crippen LogP contribution < -0.4 is 0 Å². The van der Waals surface area contributed by atoms with Crippen molar-refractivity contribution in [3.8, 4) is 39.7 Å². The molecule has 3 heteroatoms. The first-order valence-electron chi connectivity index (χ1n) is 8.21. The summed E-state index contributed by atoms with van der Waals surface area (Å²) in [5.41, 5.74) is 4.82. The molecule has 0 saturated heterocycles. The van der Waals surface area contributed by atoms with Crippen LogP contribution in [0, 0.1) is 0 Å². The first-order valence-corrected chi connectivity index (χ1v) is 8.21. The molecular weight excluding hydrogens is 308 g/mol. The van der Waals surface area contributed by atoms with Crippen molar-refractivity contribution in [2.45, 2.75) is 0 Å². The molecule has 0 saturated carbocycles. The summed E-state index contributed by atoms with van der Waals surface area (Å²) in [5, 5.41) is 10.3. The number of phenols is 1. The molecule has 1 aromatic heterocycles. The van der Waals surface area contributed by atoms with Gasteiger partial charge in [0.25, 0.3) is 0 Å². The molecule has 25 heavy (non-hydrogen) atoms. The second-order valence-corrected chi connectivity index (χ2v) is 5.94. The molecule has 0 unspecified atom stereocenters. The number of rotatable bonds is 3. The van der Waals surface area contributed by atoms with Crippen LogP contribution in [0.2, 0.25) is 0 Å². The summed E-state index contributed by atoms with van der Waals surface area (Å²) in [4.78, 5) is 4.89. The van der Waals surface area contributed by atoms with Crippen LogP contribution in [0.3, 0.4) is 0 Å². The second kappa shape index (κ2) is 6.29. The minimum Gasteiger partial charge on any atom is -0.507 e. The standard InChI is InChI=1S/C22H18N2O/c1-24-21(17-12-6-3-7-13-17)20(16-10-4-2-5-11-16)23-22(24)18-14-8-9-15-19(18)25/h2-15,25H,1H3. The Morgan fingerprint density at radius 3 is 1.92 bits per heavy atom. The molecule has 0 radical (unpaired) electrons. The Bertz CT molecular complexity index is 1000. The normalized spacial score (nSPS) is 10.8. The molecule has 0 aliphatic heterocycles. The summed E-state index contributed by atoms with van der Waals surface area (Å²) in [7, 11) is 1.99. The van der Waals surface area contributed by atoms with Gasteiger partial charge in [-0.25, -0.2) is 4.98 Å². The summed E-state index contributed by atoms with van der Waals surface area (Å²) < 4.78 is 2.05. The summed E-state index contributed by atoms with van der Waals surface area (Å²) >= 11 is 0. The number of benzene rings is 3. The molecule has 0 spiro atoms. The van der Waals surface area contributed by atoms with Crippen molar-refractivity contribution in [1.82, 2.24) is 9.55 Å². The van der Waals surface area contributed by atoms with E-state index in [-0.39, 0.29) is 5.75 Å². The van der Waals surface area contributed by atoms with E-state index in [2.05, 4.69) is 24.3 Å². The van der Waals surface area contributed by atoms with Gasteiger partial charge in [-0.1, -0.05) is 72.8 Å². The monoisotopic (exact) mass is 326 g/mol. The highest BCUT2D eigenvalue weighted by Crippen LogP contribution is 2.37. The van der Waals surface area contributed by atoms with Crippen LogP contribution in [-0.2, 0) is 7.05 Å². The Kier molecular flexibility index (Phi) is 3.82. The highest BCUT2D eigenvalue weighted by atomic mass is 16.3. The van der Waals surface area contributed by atoms with Crippen molar-refractivity contribution in [2.24, 2.45) is 7.05 Å². The van der Waals surface area contributed by atoms with E-state index in [9.17, 15) is 5.11 Å². The van der Waals surface area contributed by atoms with Gasteiger partial charge < -0.3 is 9.67 Å². The molecule has 1 heterocycles. The molecule has 4 aromatic rings. The van der Waals surface area contributed by atoms with Crippen LogP contribution >= 0.6 is 0 Å². The molecule has 0 atom stereocenters. The topological polar surface area (TPSA) is 38.0 Å². The van der Waals surface area contributed by atoms with Crippen molar-refractivity contribution >= 4 is 0 Å². The number of hydrogen-bond acceptors (Lipinski definition) is 2. The molecule has 0 bridgehead atoms. The Labute approximate surface area is 146 Å². The molecule has 122 valence electrons. The van der Waals surface area contributed by atoms with E-state index in [1.807, 2.05) is 66.2 Å². The number of para-hydroxylation sites is 1. The molecule has 0 amide bonds. The Morgan fingerprint density at radius 1 is 0.720 bits per heavy atom. The number of hydrogen-bond donors (Lipinski definition) is 1. The summed E-state index contributed by atoms with van der Waals surface area (Å²) in [6.45, 7) is 0. The predicted molar refractivity (Wildman–Crippen MR) is 101 cm³/mol. The maximum atomic E-state index is 10.3. The fourth-order valence-electron chi connectivity index (χ4n) is 3.13. The van der Waals surface area contributed by atoms with E-state index < -0.39 is 0 Å². The van der Waals surface area contributed by atoms with E-state index in [1.165, 1.54) is 0 Å². The van der Waals surface area contributed by atoms with E-state index >= 15 is 0 Å². The largest absolute Gasteiger partial charge is 0.507 e. The number of aromatic nitrogens is 2. The quantitative estimate of drug-likeness (QED) is 0.567. The molecule has 0 aliphatic rings. The fourth-order valence-corrected chi connectivity index (χ4v) is 3.13. The van der Waals surface area contributed by atoms with Crippen LogP contribution in [0.25, 0.3) is 33.9 Å². The maximum Gasteiger partial charge on any atom is 0.144 e. The van der Waals surface area contributed by atoms with Gasteiger partial charge in [0.1, 0.15) is 11.6 Å². The van der Waals surface area contributed by atoms with Crippen molar-refractivity contribution in [1.29, 1.82) is 0 Å². The highest BCUT2D eigenvalue weighted by Gasteiger charge is 2.20. The number of phenolic OH excluding ortho intramolecular Hbond substituents is 1. The van der Waals surface area contributed by atoms with E-state index in [0.717, 1.165) is 33.9 Å². The van der Waals surface area contributed by atoms with Gasteiger partial charge in [0.2, 0.25) is 0 Å². The molecule has 4 rings (SSSR count). The lowest BCUT2D eigenvalue weighted by molar-refractivity contribution is 0.476.